The van der Waals surface area contributed by atoms with Crippen molar-refractivity contribution in [3.05, 3.63) is 71.8 Å². The Morgan fingerprint density at radius 1 is 0.783 bits per heavy atom. The van der Waals surface area contributed by atoms with Crippen molar-refractivity contribution in [2.45, 2.75) is 45.9 Å². The zero-order valence-electron chi connectivity index (χ0n) is 14.8. The van der Waals surface area contributed by atoms with Crippen molar-refractivity contribution in [1.82, 2.24) is 9.80 Å². The number of hydrogen-bond acceptors (Lipinski definition) is 2. The van der Waals surface area contributed by atoms with Crippen LogP contribution in [0.1, 0.15) is 37.8 Å². The maximum absolute atomic E-state index is 2.60. The van der Waals surface area contributed by atoms with Gasteiger partial charge in [-0.05, 0) is 37.6 Å². The summed E-state index contributed by atoms with van der Waals surface area (Å²) in [5.74, 6) is 0. The summed E-state index contributed by atoms with van der Waals surface area (Å²) in [6, 6.07) is 21.6. The minimum atomic E-state index is 0.468. The molecular formula is C21H30N2. The highest BCUT2D eigenvalue weighted by atomic mass is 15.3. The van der Waals surface area contributed by atoms with Crippen LogP contribution in [-0.4, -0.2) is 29.6 Å². The first kappa shape index (κ1) is 17.7. The van der Waals surface area contributed by atoms with Gasteiger partial charge in [-0.1, -0.05) is 74.5 Å². The molecule has 0 saturated heterocycles. The van der Waals surface area contributed by atoms with Gasteiger partial charge in [-0.2, -0.15) is 0 Å². The summed E-state index contributed by atoms with van der Waals surface area (Å²) in [5, 5.41) is 0. The lowest BCUT2D eigenvalue weighted by molar-refractivity contribution is 0.0446. The van der Waals surface area contributed by atoms with Crippen LogP contribution in [0.4, 0.5) is 0 Å². The van der Waals surface area contributed by atoms with E-state index in [2.05, 4.69) is 91.4 Å². The van der Waals surface area contributed by atoms with Gasteiger partial charge in [0, 0.05) is 13.1 Å². The standard InChI is InChI=1S/C21H30N2/c1-4-16-22(3)21(5-2)23(17-19-12-8-6-9-13-19)18-20-14-10-7-11-15-20/h6-15,21H,4-5,16-18H2,1-3H3. The molecule has 0 radical (unpaired) electrons. The second-order valence-corrected chi connectivity index (χ2v) is 6.25. The largest absolute Gasteiger partial charge is 0.291 e. The van der Waals surface area contributed by atoms with E-state index < -0.39 is 0 Å². The second kappa shape index (κ2) is 9.49. The van der Waals surface area contributed by atoms with Gasteiger partial charge in [0.05, 0.1) is 6.17 Å². The van der Waals surface area contributed by atoms with Crippen LogP contribution in [0.5, 0.6) is 0 Å². The summed E-state index contributed by atoms with van der Waals surface area (Å²) in [5.41, 5.74) is 2.76. The minimum Gasteiger partial charge on any atom is -0.291 e. The zero-order valence-corrected chi connectivity index (χ0v) is 14.8. The van der Waals surface area contributed by atoms with E-state index in [0.717, 1.165) is 26.1 Å². The van der Waals surface area contributed by atoms with Crippen molar-refractivity contribution in [2.75, 3.05) is 13.6 Å². The molecule has 0 aliphatic carbocycles. The molecule has 1 unspecified atom stereocenters. The van der Waals surface area contributed by atoms with Gasteiger partial charge in [0.15, 0.2) is 0 Å². The summed E-state index contributed by atoms with van der Waals surface area (Å²) in [7, 11) is 2.25. The molecule has 2 rings (SSSR count). The summed E-state index contributed by atoms with van der Waals surface area (Å²) >= 11 is 0. The van der Waals surface area contributed by atoms with Crippen molar-refractivity contribution >= 4 is 0 Å². The molecule has 0 bridgehead atoms. The van der Waals surface area contributed by atoms with Gasteiger partial charge in [0.1, 0.15) is 0 Å². The Hall–Kier alpha value is -1.64. The van der Waals surface area contributed by atoms with Gasteiger partial charge in [0.2, 0.25) is 0 Å². The molecule has 0 aromatic heterocycles. The van der Waals surface area contributed by atoms with E-state index in [4.69, 9.17) is 0 Å². The fraction of sp³-hybridized carbons (Fsp3) is 0.429. The molecule has 124 valence electrons. The molecule has 0 saturated carbocycles. The maximum Gasteiger partial charge on any atom is 0.0623 e. The molecule has 0 heterocycles. The Kier molecular flexibility index (Phi) is 7.31. The van der Waals surface area contributed by atoms with Crippen LogP contribution >= 0.6 is 0 Å². The highest BCUT2D eigenvalue weighted by Crippen LogP contribution is 2.17. The third kappa shape index (κ3) is 5.49. The van der Waals surface area contributed by atoms with Crippen LogP contribution in [0.15, 0.2) is 60.7 Å². The first-order chi connectivity index (χ1) is 11.2. The molecule has 0 spiro atoms. The lowest BCUT2D eigenvalue weighted by Gasteiger charge is -2.37. The molecule has 23 heavy (non-hydrogen) atoms. The van der Waals surface area contributed by atoms with Crippen molar-refractivity contribution in [1.29, 1.82) is 0 Å². The van der Waals surface area contributed by atoms with E-state index in [1.165, 1.54) is 17.5 Å². The Bertz CT molecular complexity index is 497. The molecule has 0 aliphatic heterocycles. The maximum atomic E-state index is 2.60. The molecule has 0 amide bonds. The van der Waals surface area contributed by atoms with Crippen molar-refractivity contribution in [3.63, 3.8) is 0 Å². The Balaban J connectivity index is 2.18. The van der Waals surface area contributed by atoms with Gasteiger partial charge in [-0.15, -0.1) is 0 Å². The molecule has 2 aromatic carbocycles. The fourth-order valence-corrected chi connectivity index (χ4v) is 3.25. The van der Waals surface area contributed by atoms with E-state index in [0.29, 0.717) is 6.17 Å². The number of nitrogens with zero attached hydrogens (tertiary/aromatic N) is 2. The number of hydrogen-bond donors (Lipinski definition) is 0. The topological polar surface area (TPSA) is 6.48 Å². The summed E-state index contributed by atoms with van der Waals surface area (Å²) in [6.07, 6.45) is 2.79. The lowest BCUT2D eigenvalue weighted by Crippen LogP contribution is -2.45. The molecule has 2 aromatic rings. The van der Waals surface area contributed by atoms with E-state index in [9.17, 15) is 0 Å². The molecule has 0 aliphatic rings. The number of benzene rings is 2. The van der Waals surface area contributed by atoms with Gasteiger partial charge in [-0.25, -0.2) is 0 Å². The molecule has 2 nitrogen and oxygen atoms in total. The van der Waals surface area contributed by atoms with E-state index in [1.54, 1.807) is 0 Å². The van der Waals surface area contributed by atoms with Crippen LogP contribution in [0.25, 0.3) is 0 Å². The SMILES string of the molecule is CCCN(C)C(CC)N(Cc1ccccc1)Cc1ccccc1. The van der Waals surface area contributed by atoms with Crippen LogP contribution in [0.3, 0.4) is 0 Å². The molecule has 2 heteroatoms. The normalized spacial score (nSPS) is 12.7. The second-order valence-electron chi connectivity index (χ2n) is 6.25. The zero-order chi connectivity index (χ0) is 16.5. The average molecular weight is 310 g/mol. The monoisotopic (exact) mass is 310 g/mol. The first-order valence-corrected chi connectivity index (χ1v) is 8.76. The summed E-state index contributed by atoms with van der Waals surface area (Å²) in [4.78, 5) is 5.09. The predicted octanol–water partition coefficient (Wildman–Crippen LogP) is 4.77. The van der Waals surface area contributed by atoms with E-state index in [-0.39, 0.29) is 0 Å². The third-order valence-corrected chi connectivity index (χ3v) is 4.33. The summed E-state index contributed by atoms with van der Waals surface area (Å²) < 4.78 is 0. The van der Waals surface area contributed by atoms with Gasteiger partial charge in [-0.3, -0.25) is 9.80 Å². The third-order valence-electron chi connectivity index (χ3n) is 4.33. The molecule has 0 fully saturated rings. The average Bonchev–Trinajstić information content (AvgIpc) is 2.57. The van der Waals surface area contributed by atoms with Crippen molar-refractivity contribution in [2.24, 2.45) is 0 Å². The van der Waals surface area contributed by atoms with Crippen molar-refractivity contribution < 1.29 is 0 Å². The van der Waals surface area contributed by atoms with Crippen molar-refractivity contribution in [3.8, 4) is 0 Å². The van der Waals surface area contributed by atoms with Gasteiger partial charge < -0.3 is 0 Å². The van der Waals surface area contributed by atoms with Crippen LogP contribution in [0.2, 0.25) is 0 Å². The highest BCUT2D eigenvalue weighted by Gasteiger charge is 2.21. The minimum absolute atomic E-state index is 0.468. The molecule has 1 atom stereocenters. The van der Waals surface area contributed by atoms with Gasteiger partial charge in [0.25, 0.3) is 0 Å². The Morgan fingerprint density at radius 2 is 1.26 bits per heavy atom. The highest BCUT2D eigenvalue weighted by molar-refractivity contribution is 5.17. The smallest absolute Gasteiger partial charge is 0.0623 e. The van der Waals surface area contributed by atoms with Crippen LogP contribution < -0.4 is 0 Å². The fourth-order valence-electron chi connectivity index (χ4n) is 3.25. The quantitative estimate of drug-likeness (QED) is 0.616. The first-order valence-electron chi connectivity index (χ1n) is 8.76. The Morgan fingerprint density at radius 3 is 1.65 bits per heavy atom. The predicted molar refractivity (Wildman–Crippen MR) is 99.1 cm³/mol. The van der Waals surface area contributed by atoms with Gasteiger partial charge >= 0.3 is 0 Å². The molecule has 0 N–H and O–H groups in total. The van der Waals surface area contributed by atoms with Crippen LogP contribution in [-0.2, 0) is 13.1 Å². The van der Waals surface area contributed by atoms with E-state index in [1.807, 2.05) is 0 Å². The molecular weight excluding hydrogens is 280 g/mol. The summed E-state index contributed by atoms with van der Waals surface area (Å²) in [6.45, 7) is 7.66. The number of rotatable bonds is 9. The van der Waals surface area contributed by atoms with Crippen LogP contribution in [0, 0.1) is 0 Å². The van der Waals surface area contributed by atoms with E-state index >= 15 is 0 Å². The lowest BCUT2D eigenvalue weighted by atomic mass is 10.1. The Labute approximate surface area is 141 Å².